The van der Waals surface area contributed by atoms with E-state index in [1.807, 2.05) is 25.2 Å². The molecule has 0 amide bonds. The average molecular weight is 350 g/mol. The number of fused-ring (bicyclic) bond motifs is 1. The number of rotatable bonds is 4. The van der Waals surface area contributed by atoms with Crippen LogP contribution in [0, 0.1) is 5.82 Å². The van der Waals surface area contributed by atoms with E-state index in [0.717, 1.165) is 24.2 Å². The molecule has 0 aliphatic heterocycles. The fraction of sp³-hybridized carbons (Fsp3) is 0.294. The van der Waals surface area contributed by atoms with Crippen molar-refractivity contribution < 1.29 is 9.13 Å². The summed E-state index contributed by atoms with van der Waals surface area (Å²) in [6, 6.07) is 11.6. The molecule has 2 aromatic rings. The Morgan fingerprint density at radius 1 is 1.29 bits per heavy atom. The Balaban J connectivity index is 1.81. The number of hydrogen-bond acceptors (Lipinski definition) is 2. The van der Waals surface area contributed by atoms with Crippen LogP contribution in [0.3, 0.4) is 0 Å². The maximum absolute atomic E-state index is 13.5. The zero-order valence-corrected chi connectivity index (χ0v) is 13.4. The summed E-state index contributed by atoms with van der Waals surface area (Å²) in [7, 11) is 1.98. The van der Waals surface area contributed by atoms with Crippen molar-refractivity contribution in [1.29, 1.82) is 0 Å². The van der Waals surface area contributed by atoms with Gasteiger partial charge < -0.3 is 10.1 Å². The fourth-order valence-electron chi connectivity index (χ4n) is 2.87. The zero-order valence-electron chi connectivity index (χ0n) is 11.8. The van der Waals surface area contributed by atoms with E-state index in [1.54, 1.807) is 6.07 Å². The Bertz CT molecular complexity index is 659. The van der Waals surface area contributed by atoms with Gasteiger partial charge in [0, 0.05) is 11.6 Å². The lowest BCUT2D eigenvalue weighted by molar-refractivity contribution is 0.302. The Hall–Kier alpha value is -1.39. The van der Waals surface area contributed by atoms with Gasteiger partial charge in [0.25, 0.3) is 0 Å². The molecule has 3 rings (SSSR count). The first-order valence-electron chi connectivity index (χ1n) is 7.05. The van der Waals surface area contributed by atoms with E-state index in [4.69, 9.17) is 4.74 Å². The lowest BCUT2D eigenvalue weighted by atomic mass is 10.1. The molecule has 1 atom stereocenters. The van der Waals surface area contributed by atoms with Crippen molar-refractivity contribution in [2.75, 3.05) is 7.05 Å². The molecule has 0 saturated heterocycles. The first-order valence-corrected chi connectivity index (χ1v) is 7.84. The molecule has 0 saturated carbocycles. The van der Waals surface area contributed by atoms with Gasteiger partial charge >= 0.3 is 0 Å². The molecular weight excluding hydrogens is 333 g/mol. The second-order valence-electron chi connectivity index (χ2n) is 5.21. The van der Waals surface area contributed by atoms with E-state index in [2.05, 4.69) is 27.3 Å². The number of nitrogens with one attached hydrogen (secondary N) is 1. The van der Waals surface area contributed by atoms with E-state index in [-0.39, 0.29) is 5.82 Å². The van der Waals surface area contributed by atoms with E-state index >= 15 is 0 Å². The largest absolute Gasteiger partial charge is 0.489 e. The minimum atomic E-state index is -0.260. The molecule has 1 aliphatic carbocycles. The third-order valence-electron chi connectivity index (χ3n) is 3.99. The van der Waals surface area contributed by atoms with Crippen LogP contribution in [0.5, 0.6) is 5.75 Å². The van der Waals surface area contributed by atoms with Crippen LogP contribution in [0.15, 0.2) is 40.9 Å². The van der Waals surface area contributed by atoms with Crippen molar-refractivity contribution in [3.05, 3.63) is 63.4 Å². The van der Waals surface area contributed by atoms with Crippen molar-refractivity contribution in [3.63, 3.8) is 0 Å². The van der Waals surface area contributed by atoms with Gasteiger partial charge in [-0.1, -0.05) is 24.3 Å². The second-order valence-corrected chi connectivity index (χ2v) is 6.00. The van der Waals surface area contributed by atoms with Crippen molar-refractivity contribution >= 4 is 15.9 Å². The summed E-state index contributed by atoms with van der Waals surface area (Å²) in [5.74, 6) is 0.644. The lowest BCUT2D eigenvalue weighted by Gasteiger charge is -2.14. The minimum Gasteiger partial charge on any atom is -0.489 e. The van der Waals surface area contributed by atoms with Crippen molar-refractivity contribution in [2.24, 2.45) is 0 Å². The summed E-state index contributed by atoms with van der Waals surface area (Å²) in [6.07, 6.45) is 2.11. The SMILES string of the molecule is CNC1CCc2c(OCc3cccc(F)c3Br)cccc21. The van der Waals surface area contributed by atoms with Gasteiger partial charge in [-0.15, -0.1) is 0 Å². The van der Waals surface area contributed by atoms with Crippen LogP contribution in [-0.4, -0.2) is 7.05 Å². The molecule has 2 aromatic carbocycles. The maximum atomic E-state index is 13.5. The zero-order chi connectivity index (χ0) is 14.8. The first-order chi connectivity index (χ1) is 10.2. The van der Waals surface area contributed by atoms with Gasteiger partial charge in [-0.05, 0) is 59.1 Å². The van der Waals surface area contributed by atoms with Gasteiger partial charge in [0.15, 0.2) is 0 Å². The smallest absolute Gasteiger partial charge is 0.137 e. The first kappa shape index (κ1) is 14.5. The number of benzene rings is 2. The number of hydrogen-bond donors (Lipinski definition) is 1. The van der Waals surface area contributed by atoms with Gasteiger partial charge in [0.05, 0.1) is 4.47 Å². The average Bonchev–Trinajstić information content (AvgIpc) is 2.92. The second kappa shape index (κ2) is 6.16. The third kappa shape index (κ3) is 2.83. The Morgan fingerprint density at radius 2 is 2.10 bits per heavy atom. The monoisotopic (exact) mass is 349 g/mol. The molecular formula is C17H17BrFNO. The molecule has 0 spiro atoms. The van der Waals surface area contributed by atoms with Gasteiger partial charge in [-0.3, -0.25) is 0 Å². The lowest BCUT2D eigenvalue weighted by Crippen LogP contribution is -2.12. The summed E-state index contributed by atoms with van der Waals surface area (Å²) < 4.78 is 19.9. The topological polar surface area (TPSA) is 21.3 Å². The number of ether oxygens (including phenoxy) is 1. The van der Waals surface area contributed by atoms with E-state index in [9.17, 15) is 4.39 Å². The number of halogens is 2. The molecule has 1 aliphatic rings. The summed E-state index contributed by atoms with van der Waals surface area (Å²) in [4.78, 5) is 0. The summed E-state index contributed by atoms with van der Waals surface area (Å²) >= 11 is 3.27. The summed E-state index contributed by atoms with van der Waals surface area (Å²) in [5, 5.41) is 3.33. The summed E-state index contributed by atoms with van der Waals surface area (Å²) in [5.41, 5.74) is 3.40. The molecule has 1 N–H and O–H groups in total. The van der Waals surface area contributed by atoms with Crippen molar-refractivity contribution in [3.8, 4) is 5.75 Å². The Labute approximate surface area is 132 Å². The molecule has 110 valence electrons. The standard InChI is InChI=1S/C17H17BrFNO/c1-20-15-9-8-13-12(15)5-3-7-16(13)21-10-11-4-2-6-14(19)17(11)18/h2-7,15,20H,8-10H2,1H3. The predicted molar refractivity (Wildman–Crippen MR) is 85.0 cm³/mol. The normalized spacial score (nSPS) is 16.8. The third-order valence-corrected chi connectivity index (χ3v) is 4.88. The van der Waals surface area contributed by atoms with E-state index in [1.165, 1.54) is 17.2 Å². The Kier molecular flexibility index (Phi) is 4.27. The molecule has 0 bridgehead atoms. The molecule has 0 fully saturated rings. The molecule has 0 aromatic heterocycles. The van der Waals surface area contributed by atoms with Crippen molar-refractivity contribution in [1.82, 2.24) is 5.32 Å². The molecule has 21 heavy (non-hydrogen) atoms. The maximum Gasteiger partial charge on any atom is 0.137 e. The van der Waals surface area contributed by atoms with Gasteiger partial charge in [-0.2, -0.15) is 0 Å². The van der Waals surface area contributed by atoms with Crippen LogP contribution in [0.1, 0.15) is 29.2 Å². The molecule has 4 heteroatoms. The molecule has 0 radical (unpaired) electrons. The molecule has 2 nitrogen and oxygen atoms in total. The molecule has 0 heterocycles. The highest BCUT2D eigenvalue weighted by molar-refractivity contribution is 9.10. The molecule has 1 unspecified atom stereocenters. The quantitative estimate of drug-likeness (QED) is 0.884. The highest BCUT2D eigenvalue weighted by atomic mass is 79.9. The van der Waals surface area contributed by atoms with Crippen LogP contribution >= 0.6 is 15.9 Å². The Morgan fingerprint density at radius 3 is 2.90 bits per heavy atom. The van der Waals surface area contributed by atoms with Crippen LogP contribution in [0.25, 0.3) is 0 Å². The van der Waals surface area contributed by atoms with Gasteiger partial charge in [0.1, 0.15) is 18.2 Å². The highest BCUT2D eigenvalue weighted by Gasteiger charge is 2.23. The predicted octanol–water partition coefficient (Wildman–Crippen LogP) is 4.37. The van der Waals surface area contributed by atoms with E-state index in [0.29, 0.717) is 17.1 Å². The van der Waals surface area contributed by atoms with Crippen LogP contribution in [0.2, 0.25) is 0 Å². The minimum absolute atomic E-state index is 0.260. The fourth-order valence-corrected chi connectivity index (χ4v) is 3.25. The van der Waals surface area contributed by atoms with Gasteiger partial charge in [-0.25, -0.2) is 4.39 Å². The van der Waals surface area contributed by atoms with Crippen LogP contribution < -0.4 is 10.1 Å². The van der Waals surface area contributed by atoms with Crippen LogP contribution in [-0.2, 0) is 13.0 Å². The van der Waals surface area contributed by atoms with Gasteiger partial charge in [0.2, 0.25) is 0 Å². The summed E-state index contributed by atoms with van der Waals surface area (Å²) in [6.45, 7) is 0.360. The van der Waals surface area contributed by atoms with E-state index < -0.39 is 0 Å². The van der Waals surface area contributed by atoms with Crippen molar-refractivity contribution in [2.45, 2.75) is 25.5 Å². The van der Waals surface area contributed by atoms with Crippen LogP contribution in [0.4, 0.5) is 4.39 Å². The highest BCUT2D eigenvalue weighted by Crippen LogP contribution is 2.37.